The third kappa shape index (κ3) is 1.23. The van der Waals surface area contributed by atoms with Gasteiger partial charge in [-0.3, -0.25) is 0 Å². The fourth-order valence-corrected chi connectivity index (χ4v) is 0.647. The van der Waals surface area contributed by atoms with Gasteiger partial charge < -0.3 is 0 Å². The van der Waals surface area contributed by atoms with Crippen LogP contribution in [0.5, 0.6) is 0 Å². The van der Waals surface area contributed by atoms with Crippen LogP contribution in [0.25, 0.3) is 4.85 Å². The molecule has 0 N–H and O–H groups in total. The summed E-state index contributed by atoms with van der Waals surface area (Å²) in [5.74, 6) is -0.751. The first kappa shape index (κ1) is 6.97. The molecule has 0 saturated heterocycles. The van der Waals surface area contributed by atoms with Gasteiger partial charge in [-0.15, -0.1) is 0 Å². The Hall–Kier alpha value is -1.14. The van der Waals surface area contributed by atoms with Crippen molar-refractivity contribution in [2.45, 2.75) is 0 Å². The molecule has 50 valence electrons. The highest BCUT2D eigenvalue weighted by molar-refractivity contribution is 6.30. The SMILES string of the molecule is C#[N+]c1ncc(Cl)cc1F. The molecule has 0 bridgehead atoms. The van der Waals surface area contributed by atoms with Crippen molar-refractivity contribution in [3.8, 4) is 6.57 Å². The fraction of sp³-hybridized carbons (Fsp3) is 0. The Morgan fingerprint density at radius 1 is 1.70 bits per heavy atom. The number of hydrogen-bond donors (Lipinski definition) is 0. The Balaban J connectivity index is 3.23. The monoisotopic (exact) mass is 157 g/mol. The van der Waals surface area contributed by atoms with Crippen molar-refractivity contribution < 1.29 is 4.39 Å². The minimum absolute atomic E-state index is 0.135. The van der Waals surface area contributed by atoms with Gasteiger partial charge in [0.1, 0.15) is 6.57 Å². The largest absolute Gasteiger partial charge is 0.461 e. The molecule has 0 aliphatic carbocycles. The number of aromatic nitrogens is 1. The Morgan fingerprint density at radius 3 is 2.90 bits per heavy atom. The van der Waals surface area contributed by atoms with E-state index in [1.54, 1.807) is 0 Å². The van der Waals surface area contributed by atoms with E-state index >= 15 is 0 Å². The molecule has 0 fully saturated rings. The molecule has 4 heteroatoms. The number of halogens is 2. The summed E-state index contributed by atoms with van der Waals surface area (Å²) in [6, 6.07) is 1.10. The molecule has 0 radical (unpaired) electrons. The van der Waals surface area contributed by atoms with Crippen LogP contribution in [0.2, 0.25) is 5.02 Å². The second-order valence-electron chi connectivity index (χ2n) is 1.59. The van der Waals surface area contributed by atoms with Crippen molar-refractivity contribution >= 4 is 17.4 Å². The molecule has 0 unspecified atom stereocenters. The summed E-state index contributed by atoms with van der Waals surface area (Å²) in [6.07, 6.45) is 1.27. The van der Waals surface area contributed by atoms with Crippen LogP contribution in [0.15, 0.2) is 12.3 Å². The molecule has 1 aromatic rings. The van der Waals surface area contributed by atoms with E-state index < -0.39 is 5.82 Å². The lowest BCUT2D eigenvalue weighted by molar-refractivity contribution is 0.629. The number of pyridine rings is 1. The number of rotatable bonds is 0. The van der Waals surface area contributed by atoms with Crippen molar-refractivity contribution in [1.82, 2.24) is 4.98 Å². The van der Waals surface area contributed by atoms with E-state index in [4.69, 9.17) is 18.2 Å². The van der Waals surface area contributed by atoms with Gasteiger partial charge in [-0.1, -0.05) is 11.6 Å². The highest BCUT2D eigenvalue weighted by atomic mass is 35.5. The van der Waals surface area contributed by atoms with Crippen LogP contribution in [0, 0.1) is 12.4 Å². The van der Waals surface area contributed by atoms with Crippen LogP contribution in [0.4, 0.5) is 10.2 Å². The van der Waals surface area contributed by atoms with E-state index in [1.165, 1.54) is 6.20 Å². The summed E-state index contributed by atoms with van der Waals surface area (Å²) >= 11 is 5.39. The van der Waals surface area contributed by atoms with E-state index in [0.717, 1.165) is 6.07 Å². The van der Waals surface area contributed by atoms with Crippen LogP contribution < -0.4 is 0 Å². The predicted molar refractivity (Wildman–Crippen MR) is 37.2 cm³/mol. The van der Waals surface area contributed by atoms with E-state index in [-0.39, 0.29) is 10.8 Å². The molecule has 0 amide bonds. The Bertz CT molecular complexity index is 292. The van der Waals surface area contributed by atoms with Gasteiger partial charge in [0, 0.05) is 6.07 Å². The van der Waals surface area contributed by atoms with Gasteiger partial charge in [-0.05, 0) is 4.98 Å². The number of hydrogen-bond acceptors (Lipinski definition) is 1. The zero-order chi connectivity index (χ0) is 7.56. The Morgan fingerprint density at radius 2 is 2.40 bits per heavy atom. The summed E-state index contributed by atoms with van der Waals surface area (Å²) in [5, 5.41) is 0.227. The Kier molecular flexibility index (Phi) is 1.83. The second kappa shape index (κ2) is 2.63. The lowest BCUT2D eigenvalue weighted by Gasteiger charge is -1.81. The lowest BCUT2D eigenvalue weighted by Crippen LogP contribution is -1.78. The highest BCUT2D eigenvalue weighted by Crippen LogP contribution is 2.17. The van der Waals surface area contributed by atoms with Crippen molar-refractivity contribution in [3.05, 3.63) is 27.9 Å². The first-order chi connectivity index (χ1) is 4.74. The zero-order valence-electron chi connectivity index (χ0n) is 4.88. The molecule has 10 heavy (non-hydrogen) atoms. The maximum absolute atomic E-state index is 12.5. The maximum Gasteiger partial charge on any atom is 0.461 e. The summed E-state index contributed by atoms with van der Waals surface area (Å²) in [6.45, 7) is 4.78. The van der Waals surface area contributed by atoms with Crippen LogP contribution >= 0.6 is 11.6 Å². The molecule has 0 aliphatic rings. The summed E-state index contributed by atoms with van der Waals surface area (Å²) < 4.78 is 12.5. The molecule has 0 atom stereocenters. The van der Waals surface area contributed by atoms with Crippen molar-refractivity contribution in [3.63, 3.8) is 0 Å². The smallest absolute Gasteiger partial charge is 0.196 e. The average Bonchev–Trinajstić information content (AvgIpc) is 1.88. The van der Waals surface area contributed by atoms with Gasteiger partial charge >= 0.3 is 5.82 Å². The van der Waals surface area contributed by atoms with Crippen LogP contribution in [-0.2, 0) is 0 Å². The predicted octanol–water partition coefficient (Wildman–Crippen LogP) is 2.47. The van der Waals surface area contributed by atoms with Crippen molar-refractivity contribution in [2.24, 2.45) is 0 Å². The summed E-state index contributed by atoms with van der Waals surface area (Å²) in [5.41, 5.74) is 0. The molecule has 2 nitrogen and oxygen atoms in total. The molecule has 0 aliphatic heterocycles. The van der Waals surface area contributed by atoms with E-state index in [1.807, 2.05) is 0 Å². The van der Waals surface area contributed by atoms with Gasteiger partial charge in [0.25, 0.3) is 0 Å². The molecule has 1 rings (SSSR count). The molecular formula is C6H3ClFN2+. The zero-order valence-corrected chi connectivity index (χ0v) is 5.64. The first-order valence-corrected chi connectivity index (χ1v) is 2.84. The van der Waals surface area contributed by atoms with Gasteiger partial charge in [0.15, 0.2) is 6.20 Å². The van der Waals surface area contributed by atoms with Crippen LogP contribution in [0.1, 0.15) is 0 Å². The van der Waals surface area contributed by atoms with Gasteiger partial charge in [0.2, 0.25) is 5.82 Å². The third-order valence-corrected chi connectivity index (χ3v) is 1.12. The normalized spacial score (nSPS) is 8.90. The van der Waals surface area contributed by atoms with Crippen LogP contribution in [0.3, 0.4) is 0 Å². The minimum atomic E-state index is -0.616. The second-order valence-corrected chi connectivity index (χ2v) is 2.02. The topological polar surface area (TPSA) is 17.2 Å². The standard InChI is InChI=1S/C6H3ClFN2/c1-9-6-5(8)2-4(7)3-10-6/h1-3H/q+1. The average molecular weight is 158 g/mol. The molecule has 0 saturated carbocycles. The molecule has 1 aromatic heterocycles. The lowest BCUT2D eigenvalue weighted by atomic mass is 10.4. The van der Waals surface area contributed by atoms with E-state index in [0.29, 0.717) is 0 Å². The fourth-order valence-electron chi connectivity index (χ4n) is 0.502. The number of nitrogens with zero attached hydrogens (tertiary/aromatic N) is 2. The molecular weight excluding hydrogens is 155 g/mol. The first-order valence-electron chi connectivity index (χ1n) is 2.46. The highest BCUT2D eigenvalue weighted by Gasteiger charge is 2.11. The minimum Gasteiger partial charge on any atom is -0.196 e. The van der Waals surface area contributed by atoms with Gasteiger partial charge in [0.05, 0.1) is 5.02 Å². The van der Waals surface area contributed by atoms with E-state index in [9.17, 15) is 4.39 Å². The molecule has 0 aromatic carbocycles. The van der Waals surface area contributed by atoms with E-state index in [2.05, 4.69) is 9.83 Å². The quantitative estimate of drug-likeness (QED) is 0.566. The molecule has 0 spiro atoms. The van der Waals surface area contributed by atoms with Crippen molar-refractivity contribution in [2.75, 3.05) is 0 Å². The van der Waals surface area contributed by atoms with Gasteiger partial charge in [-0.2, -0.15) is 9.24 Å². The maximum atomic E-state index is 12.5. The van der Waals surface area contributed by atoms with Gasteiger partial charge in [-0.25, -0.2) is 0 Å². The summed E-state index contributed by atoms with van der Waals surface area (Å²) in [4.78, 5) is 6.56. The van der Waals surface area contributed by atoms with Crippen molar-refractivity contribution in [1.29, 1.82) is 0 Å². The third-order valence-electron chi connectivity index (χ3n) is 0.911. The summed E-state index contributed by atoms with van der Waals surface area (Å²) in [7, 11) is 0. The Labute approximate surface area is 62.1 Å². The molecule has 1 heterocycles. The van der Waals surface area contributed by atoms with Crippen LogP contribution in [-0.4, -0.2) is 4.98 Å².